The first-order valence-electron chi connectivity index (χ1n) is 8.37. The molecule has 0 amide bonds. The van der Waals surface area contributed by atoms with Crippen LogP contribution in [0.1, 0.15) is 37.0 Å². The van der Waals surface area contributed by atoms with Crippen LogP contribution in [0.25, 0.3) is 0 Å². The van der Waals surface area contributed by atoms with Gasteiger partial charge in [0.2, 0.25) is 5.89 Å². The van der Waals surface area contributed by atoms with Crippen LogP contribution in [-0.4, -0.2) is 23.2 Å². The molecular formula is C18H25N3O. The summed E-state index contributed by atoms with van der Waals surface area (Å²) in [5, 5.41) is 7.61. The Morgan fingerprint density at radius 3 is 2.91 bits per heavy atom. The molecule has 118 valence electrons. The molecule has 0 bridgehead atoms. The Labute approximate surface area is 132 Å². The second-order valence-electron chi connectivity index (χ2n) is 6.38. The lowest BCUT2D eigenvalue weighted by Gasteiger charge is -2.27. The molecule has 1 N–H and O–H groups in total. The van der Waals surface area contributed by atoms with E-state index in [1.54, 1.807) is 0 Å². The van der Waals surface area contributed by atoms with Gasteiger partial charge in [-0.25, -0.2) is 0 Å². The third-order valence-electron chi connectivity index (χ3n) is 4.63. The molecule has 22 heavy (non-hydrogen) atoms. The molecular weight excluding hydrogens is 274 g/mol. The summed E-state index contributed by atoms with van der Waals surface area (Å²) >= 11 is 0. The van der Waals surface area contributed by atoms with Crippen LogP contribution in [0.15, 0.2) is 34.9 Å². The zero-order chi connectivity index (χ0) is 15.2. The molecule has 1 aliphatic heterocycles. The summed E-state index contributed by atoms with van der Waals surface area (Å²) in [4.78, 5) is 4.56. The number of benzene rings is 1. The van der Waals surface area contributed by atoms with Crippen LogP contribution < -0.4 is 5.32 Å². The van der Waals surface area contributed by atoms with Gasteiger partial charge < -0.3 is 9.84 Å². The van der Waals surface area contributed by atoms with Gasteiger partial charge in [-0.05, 0) is 49.8 Å². The van der Waals surface area contributed by atoms with Gasteiger partial charge in [0, 0.05) is 12.8 Å². The van der Waals surface area contributed by atoms with Crippen molar-refractivity contribution in [2.45, 2.75) is 39.0 Å². The molecule has 4 nitrogen and oxygen atoms in total. The van der Waals surface area contributed by atoms with E-state index in [1.165, 1.54) is 18.4 Å². The molecule has 2 atom stereocenters. The van der Waals surface area contributed by atoms with Crippen LogP contribution in [0.2, 0.25) is 0 Å². The minimum absolute atomic E-state index is 0.593. The second-order valence-corrected chi connectivity index (χ2v) is 6.38. The highest BCUT2D eigenvalue weighted by Crippen LogP contribution is 2.22. The average molecular weight is 299 g/mol. The summed E-state index contributed by atoms with van der Waals surface area (Å²) in [6.07, 6.45) is 5.28. The van der Waals surface area contributed by atoms with Crippen LogP contribution in [-0.2, 0) is 19.3 Å². The predicted molar refractivity (Wildman–Crippen MR) is 86.6 cm³/mol. The summed E-state index contributed by atoms with van der Waals surface area (Å²) in [5.74, 6) is 2.94. The highest BCUT2D eigenvalue weighted by molar-refractivity contribution is 5.15. The number of rotatable bonds is 6. The van der Waals surface area contributed by atoms with Crippen molar-refractivity contribution in [3.05, 3.63) is 47.6 Å². The van der Waals surface area contributed by atoms with E-state index in [0.29, 0.717) is 5.92 Å². The van der Waals surface area contributed by atoms with Gasteiger partial charge in [-0.15, -0.1) is 0 Å². The number of hydrogen-bond donors (Lipinski definition) is 1. The van der Waals surface area contributed by atoms with Crippen molar-refractivity contribution < 1.29 is 4.52 Å². The maximum absolute atomic E-state index is 5.43. The third kappa shape index (κ3) is 4.17. The predicted octanol–water partition coefficient (Wildman–Crippen LogP) is 3.03. The van der Waals surface area contributed by atoms with Gasteiger partial charge in [0.25, 0.3) is 0 Å². The molecule has 0 saturated carbocycles. The van der Waals surface area contributed by atoms with Crippen LogP contribution in [0, 0.1) is 11.8 Å². The molecule has 2 aromatic rings. The summed E-state index contributed by atoms with van der Waals surface area (Å²) < 4.78 is 5.43. The zero-order valence-corrected chi connectivity index (χ0v) is 13.3. The van der Waals surface area contributed by atoms with E-state index in [0.717, 1.165) is 50.0 Å². The highest BCUT2D eigenvalue weighted by atomic mass is 16.5. The van der Waals surface area contributed by atoms with Crippen LogP contribution in [0.3, 0.4) is 0 Å². The Balaban J connectivity index is 1.50. The molecule has 1 saturated heterocycles. The van der Waals surface area contributed by atoms with Gasteiger partial charge in [0.15, 0.2) is 5.82 Å². The third-order valence-corrected chi connectivity index (χ3v) is 4.63. The first-order valence-corrected chi connectivity index (χ1v) is 8.37. The molecule has 0 radical (unpaired) electrons. The standard InChI is InChI=1S/C18H25N3O/c1-14(16-8-5-11-19-13-16)12-18-20-17(21-22-18)10-9-15-6-3-2-4-7-15/h2-4,6-7,14,16,19H,5,8-13H2,1H3. The van der Waals surface area contributed by atoms with Crippen molar-refractivity contribution in [2.24, 2.45) is 11.8 Å². The Morgan fingerprint density at radius 1 is 1.27 bits per heavy atom. The number of aryl methyl sites for hydroxylation is 2. The quantitative estimate of drug-likeness (QED) is 0.891. The summed E-state index contributed by atoms with van der Waals surface area (Å²) in [7, 11) is 0. The van der Waals surface area contributed by atoms with Gasteiger partial charge in [0.1, 0.15) is 0 Å². The van der Waals surface area contributed by atoms with Crippen molar-refractivity contribution in [3.8, 4) is 0 Å². The van der Waals surface area contributed by atoms with Crippen molar-refractivity contribution in [3.63, 3.8) is 0 Å². The molecule has 3 rings (SSSR count). The Hall–Kier alpha value is -1.68. The molecule has 1 aliphatic rings. The number of nitrogens with one attached hydrogen (secondary N) is 1. The van der Waals surface area contributed by atoms with Crippen molar-refractivity contribution in [1.82, 2.24) is 15.5 Å². The van der Waals surface area contributed by atoms with E-state index < -0.39 is 0 Å². The summed E-state index contributed by atoms with van der Waals surface area (Å²) in [6, 6.07) is 10.4. The summed E-state index contributed by atoms with van der Waals surface area (Å²) in [6.45, 7) is 4.58. The molecule has 4 heteroatoms. The van der Waals surface area contributed by atoms with E-state index in [4.69, 9.17) is 4.52 Å². The lowest BCUT2D eigenvalue weighted by molar-refractivity contribution is 0.256. The van der Waals surface area contributed by atoms with Crippen LogP contribution in [0.5, 0.6) is 0 Å². The van der Waals surface area contributed by atoms with Gasteiger partial charge in [-0.3, -0.25) is 0 Å². The number of aromatic nitrogens is 2. The largest absolute Gasteiger partial charge is 0.339 e. The number of piperidine rings is 1. The number of nitrogens with zero attached hydrogens (tertiary/aromatic N) is 2. The summed E-state index contributed by atoms with van der Waals surface area (Å²) in [5.41, 5.74) is 1.32. The van der Waals surface area contributed by atoms with E-state index >= 15 is 0 Å². The molecule has 1 aromatic carbocycles. The van der Waals surface area contributed by atoms with Crippen molar-refractivity contribution >= 4 is 0 Å². The minimum atomic E-state index is 0.593. The van der Waals surface area contributed by atoms with E-state index in [9.17, 15) is 0 Å². The normalized spacial score (nSPS) is 20.0. The molecule has 2 heterocycles. The van der Waals surface area contributed by atoms with Crippen LogP contribution >= 0.6 is 0 Å². The lowest BCUT2D eigenvalue weighted by atomic mass is 9.85. The smallest absolute Gasteiger partial charge is 0.226 e. The first kappa shape index (κ1) is 15.2. The monoisotopic (exact) mass is 299 g/mol. The van der Waals surface area contributed by atoms with Crippen molar-refractivity contribution in [1.29, 1.82) is 0 Å². The average Bonchev–Trinajstić information content (AvgIpc) is 3.02. The molecule has 1 fully saturated rings. The van der Waals surface area contributed by atoms with E-state index in [2.05, 4.69) is 46.6 Å². The van der Waals surface area contributed by atoms with Gasteiger partial charge in [-0.2, -0.15) is 4.98 Å². The van der Waals surface area contributed by atoms with E-state index in [-0.39, 0.29) is 0 Å². The molecule has 1 aromatic heterocycles. The van der Waals surface area contributed by atoms with Crippen LogP contribution in [0.4, 0.5) is 0 Å². The maximum Gasteiger partial charge on any atom is 0.226 e. The lowest BCUT2D eigenvalue weighted by Crippen LogP contribution is -2.33. The van der Waals surface area contributed by atoms with Gasteiger partial charge >= 0.3 is 0 Å². The minimum Gasteiger partial charge on any atom is -0.339 e. The molecule has 2 unspecified atom stereocenters. The highest BCUT2D eigenvalue weighted by Gasteiger charge is 2.22. The first-order chi connectivity index (χ1) is 10.8. The second kappa shape index (κ2) is 7.54. The Morgan fingerprint density at radius 2 is 2.14 bits per heavy atom. The fraction of sp³-hybridized carbons (Fsp3) is 0.556. The zero-order valence-electron chi connectivity index (χ0n) is 13.3. The van der Waals surface area contributed by atoms with Crippen molar-refractivity contribution in [2.75, 3.05) is 13.1 Å². The SMILES string of the molecule is CC(Cc1nc(CCc2ccccc2)no1)C1CCCNC1. The fourth-order valence-corrected chi connectivity index (χ4v) is 3.18. The molecule has 0 aliphatic carbocycles. The Bertz CT molecular complexity index is 561. The number of hydrogen-bond acceptors (Lipinski definition) is 4. The maximum atomic E-state index is 5.43. The molecule has 0 spiro atoms. The topological polar surface area (TPSA) is 51.0 Å². The Kier molecular flexibility index (Phi) is 5.22. The van der Waals surface area contributed by atoms with Gasteiger partial charge in [-0.1, -0.05) is 42.4 Å². The van der Waals surface area contributed by atoms with Gasteiger partial charge in [0.05, 0.1) is 0 Å². The van der Waals surface area contributed by atoms with E-state index in [1.807, 2.05) is 6.07 Å². The fourth-order valence-electron chi connectivity index (χ4n) is 3.18.